The topological polar surface area (TPSA) is 85.5 Å². The number of H-pyrrole nitrogens is 1. The minimum absolute atomic E-state index is 0.0595. The van der Waals surface area contributed by atoms with E-state index >= 15 is 0 Å². The van der Waals surface area contributed by atoms with Crippen molar-refractivity contribution >= 4 is 45.7 Å². The molecule has 30 heavy (non-hydrogen) atoms. The predicted octanol–water partition coefficient (Wildman–Crippen LogP) is 2.61. The van der Waals surface area contributed by atoms with Crippen molar-refractivity contribution in [1.29, 1.82) is 0 Å². The van der Waals surface area contributed by atoms with Crippen molar-refractivity contribution in [1.82, 2.24) is 9.88 Å². The number of rotatable bonds is 2. The van der Waals surface area contributed by atoms with Crippen molar-refractivity contribution in [2.24, 2.45) is 0 Å². The Morgan fingerprint density at radius 3 is 2.50 bits per heavy atom. The third-order valence-corrected chi connectivity index (χ3v) is 5.32. The average molecular weight is 429 g/mol. The fourth-order valence-corrected chi connectivity index (χ4v) is 3.53. The second-order valence-electron chi connectivity index (χ2n) is 6.96. The molecule has 0 atom stereocenters. The number of hydrogen-bond donors (Lipinski definition) is 2. The highest BCUT2D eigenvalue weighted by Crippen LogP contribution is 2.23. The molecule has 154 valence electrons. The number of nitrogens with one attached hydrogen (secondary N) is 2. The number of halogens is 2. The van der Waals surface area contributed by atoms with Crippen molar-refractivity contribution in [2.45, 2.75) is 0 Å². The molecule has 1 aliphatic rings. The summed E-state index contributed by atoms with van der Waals surface area (Å²) in [5.41, 5.74) is 1.57. The number of hydrogen-bond acceptors (Lipinski definition) is 4. The van der Waals surface area contributed by atoms with Crippen LogP contribution in [0, 0.1) is 5.82 Å². The Kier molecular flexibility index (Phi) is 5.41. The van der Waals surface area contributed by atoms with E-state index in [1.54, 1.807) is 30.3 Å². The van der Waals surface area contributed by atoms with E-state index in [9.17, 15) is 18.8 Å². The molecule has 7 nitrogen and oxygen atoms in total. The largest absolute Gasteiger partial charge is 0.368 e. The van der Waals surface area contributed by atoms with Crippen LogP contribution in [0.25, 0.3) is 10.9 Å². The van der Waals surface area contributed by atoms with Gasteiger partial charge in [-0.05, 0) is 42.5 Å². The normalized spacial score (nSPS) is 14.1. The lowest BCUT2D eigenvalue weighted by Crippen LogP contribution is -2.51. The Labute approximate surface area is 176 Å². The van der Waals surface area contributed by atoms with E-state index in [4.69, 9.17) is 11.6 Å². The van der Waals surface area contributed by atoms with Gasteiger partial charge in [-0.2, -0.15) is 0 Å². The van der Waals surface area contributed by atoms with Crippen molar-refractivity contribution in [3.63, 3.8) is 0 Å². The van der Waals surface area contributed by atoms with Gasteiger partial charge in [0.05, 0.1) is 5.02 Å². The first-order valence-electron chi connectivity index (χ1n) is 9.34. The molecule has 2 amide bonds. The standard InChI is InChI=1S/C21H18ClFN4O3/c22-16-4-3-15(12-17(16)23)26-7-9-27(10-8-26)21(30)20(29)24-14-2-5-18-13(11-14)1-6-19(28)25-18/h1-6,11-12H,7-10H2,(H,24,29)(H,25,28). The van der Waals surface area contributed by atoms with Crippen LogP contribution in [0.5, 0.6) is 0 Å². The second-order valence-corrected chi connectivity index (χ2v) is 7.36. The Bertz CT molecular complexity index is 1190. The maximum absolute atomic E-state index is 13.7. The number of pyridine rings is 1. The maximum atomic E-state index is 13.7. The van der Waals surface area contributed by atoms with E-state index in [1.807, 2.05) is 4.90 Å². The SMILES string of the molecule is O=C(Nc1ccc2[nH]c(=O)ccc2c1)C(=O)N1CCN(c2ccc(Cl)c(F)c2)CC1. The van der Waals surface area contributed by atoms with Gasteiger partial charge in [-0.25, -0.2) is 4.39 Å². The Hall–Kier alpha value is -3.39. The predicted molar refractivity (Wildman–Crippen MR) is 113 cm³/mol. The fraction of sp³-hybridized carbons (Fsp3) is 0.190. The summed E-state index contributed by atoms with van der Waals surface area (Å²) in [5, 5.41) is 3.40. The highest BCUT2D eigenvalue weighted by Gasteiger charge is 2.26. The van der Waals surface area contributed by atoms with E-state index in [2.05, 4.69) is 10.3 Å². The molecule has 1 aliphatic heterocycles. The van der Waals surface area contributed by atoms with Crippen molar-refractivity contribution in [3.05, 3.63) is 69.7 Å². The zero-order valence-electron chi connectivity index (χ0n) is 15.8. The smallest absolute Gasteiger partial charge is 0.313 e. The van der Waals surface area contributed by atoms with Gasteiger partial charge in [0.25, 0.3) is 0 Å². The average Bonchev–Trinajstić information content (AvgIpc) is 2.75. The zero-order valence-corrected chi connectivity index (χ0v) is 16.6. The molecular formula is C21H18ClFN4O3. The lowest BCUT2D eigenvalue weighted by Gasteiger charge is -2.35. The summed E-state index contributed by atoms with van der Waals surface area (Å²) >= 11 is 5.72. The van der Waals surface area contributed by atoms with Crippen LogP contribution in [-0.2, 0) is 9.59 Å². The molecule has 0 saturated carbocycles. The third-order valence-electron chi connectivity index (χ3n) is 5.01. The Balaban J connectivity index is 1.38. The van der Waals surface area contributed by atoms with Crippen LogP contribution in [0.15, 0.2) is 53.3 Å². The molecule has 9 heteroatoms. The summed E-state index contributed by atoms with van der Waals surface area (Å²) in [6.07, 6.45) is 0. The number of anilines is 2. The van der Waals surface area contributed by atoms with E-state index in [0.717, 1.165) is 5.39 Å². The van der Waals surface area contributed by atoms with E-state index in [0.29, 0.717) is 43.1 Å². The molecule has 1 aromatic heterocycles. The molecule has 0 radical (unpaired) electrons. The molecule has 1 fully saturated rings. The van der Waals surface area contributed by atoms with Gasteiger partial charge < -0.3 is 20.1 Å². The Morgan fingerprint density at radius 2 is 1.77 bits per heavy atom. The van der Waals surface area contributed by atoms with Crippen LogP contribution in [0.4, 0.5) is 15.8 Å². The minimum Gasteiger partial charge on any atom is -0.368 e. The fourth-order valence-electron chi connectivity index (χ4n) is 3.41. The van der Waals surface area contributed by atoms with Gasteiger partial charge in [-0.3, -0.25) is 14.4 Å². The van der Waals surface area contributed by atoms with Gasteiger partial charge in [-0.15, -0.1) is 0 Å². The highest BCUT2D eigenvalue weighted by atomic mass is 35.5. The molecule has 2 aromatic carbocycles. The molecule has 0 unspecified atom stereocenters. The molecule has 0 spiro atoms. The van der Waals surface area contributed by atoms with Gasteiger partial charge in [0.15, 0.2) is 0 Å². The van der Waals surface area contributed by atoms with E-state index in [-0.39, 0.29) is 10.6 Å². The first kappa shape index (κ1) is 19.9. The van der Waals surface area contributed by atoms with Crippen LogP contribution >= 0.6 is 11.6 Å². The van der Waals surface area contributed by atoms with Crippen LogP contribution in [0.1, 0.15) is 0 Å². The van der Waals surface area contributed by atoms with E-state index < -0.39 is 17.6 Å². The second kappa shape index (κ2) is 8.16. The number of fused-ring (bicyclic) bond motifs is 1. The summed E-state index contributed by atoms with van der Waals surface area (Å²) in [7, 11) is 0. The van der Waals surface area contributed by atoms with Crippen LogP contribution in [0.3, 0.4) is 0 Å². The van der Waals surface area contributed by atoms with Crippen LogP contribution in [-0.4, -0.2) is 47.9 Å². The lowest BCUT2D eigenvalue weighted by molar-refractivity contribution is -0.143. The van der Waals surface area contributed by atoms with Gasteiger partial charge in [0, 0.05) is 54.5 Å². The molecule has 0 aliphatic carbocycles. The van der Waals surface area contributed by atoms with Gasteiger partial charge in [0.2, 0.25) is 5.56 Å². The number of nitrogens with zero attached hydrogens (tertiary/aromatic N) is 2. The molecule has 3 aromatic rings. The monoisotopic (exact) mass is 428 g/mol. The summed E-state index contributed by atoms with van der Waals surface area (Å²) in [6.45, 7) is 1.64. The summed E-state index contributed by atoms with van der Waals surface area (Å²) in [4.78, 5) is 42.4. The van der Waals surface area contributed by atoms with Crippen molar-refractivity contribution < 1.29 is 14.0 Å². The molecule has 2 heterocycles. The lowest BCUT2D eigenvalue weighted by atomic mass is 10.2. The minimum atomic E-state index is -0.732. The molecule has 0 bridgehead atoms. The number of aromatic amines is 1. The van der Waals surface area contributed by atoms with Crippen molar-refractivity contribution in [3.8, 4) is 0 Å². The highest BCUT2D eigenvalue weighted by molar-refractivity contribution is 6.39. The van der Waals surface area contributed by atoms with Gasteiger partial charge >= 0.3 is 11.8 Å². The quantitative estimate of drug-likeness (QED) is 0.614. The van der Waals surface area contributed by atoms with Crippen LogP contribution < -0.4 is 15.8 Å². The number of amides is 2. The number of piperazine rings is 1. The zero-order chi connectivity index (χ0) is 21.3. The molecule has 2 N–H and O–H groups in total. The van der Waals surface area contributed by atoms with Gasteiger partial charge in [0.1, 0.15) is 5.82 Å². The Morgan fingerprint density at radius 1 is 1.00 bits per heavy atom. The maximum Gasteiger partial charge on any atom is 0.313 e. The number of benzene rings is 2. The molecule has 1 saturated heterocycles. The molecule has 4 rings (SSSR count). The first-order valence-corrected chi connectivity index (χ1v) is 9.72. The van der Waals surface area contributed by atoms with Crippen molar-refractivity contribution in [2.75, 3.05) is 36.4 Å². The number of carbonyl (C=O) groups is 2. The summed E-state index contributed by atoms with van der Waals surface area (Å²) < 4.78 is 13.7. The molecular weight excluding hydrogens is 411 g/mol. The number of aromatic nitrogens is 1. The van der Waals surface area contributed by atoms with E-state index in [1.165, 1.54) is 23.1 Å². The first-order chi connectivity index (χ1) is 14.4. The number of carbonyl (C=O) groups excluding carboxylic acids is 2. The summed E-state index contributed by atoms with van der Waals surface area (Å²) in [6, 6.07) is 12.6. The summed E-state index contributed by atoms with van der Waals surface area (Å²) in [5.74, 6) is -1.85. The van der Waals surface area contributed by atoms with Gasteiger partial charge in [-0.1, -0.05) is 11.6 Å². The third kappa shape index (κ3) is 4.13. The van der Waals surface area contributed by atoms with Crippen LogP contribution in [0.2, 0.25) is 5.02 Å².